The first-order valence-electron chi connectivity index (χ1n) is 12.1. The molecule has 4 nitrogen and oxygen atoms in total. The number of rotatable bonds is 6. The summed E-state index contributed by atoms with van der Waals surface area (Å²) in [6.07, 6.45) is 0. The molecule has 0 unspecified atom stereocenters. The van der Waals surface area contributed by atoms with Crippen molar-refractivity contribution >= 4 is 30.6 Å². The van der Waals surface area contributed by atoms with E-state index in [0.717, 1.165) is 12.7 Å². The van der Waals surface area contributed by atoms with E-state index in [0.29, 0.717) is 0 Å². The van der Waals surface area contributed by atoms with E-state index in [1.54, 1.807) is 12.1 Å². The number of hydrogen-bond acceptors (Lipinski definition) is 4. The van der Waals surface area contributed by atoms with Crippen LogP contribution in [-0.2, 0) is 29.2 Å². The zero-order valence-corrected chi connectivity index (χ0v) is 25.8. The van der Waals surface area contributed by atoms with E-state index in [4.69, 9.17) is 6.70 Å². The summed E-state index contributed by atoms with van der Waals surface area (Å²) in [5.41, 5.74) is 3.43. The summed E-state index contributed by atoms with van der Waals surface area (Å²) >= 11 is -2.84. The Morgan fingerprint density at radius 1 is 0.528 bits per heavy atom. The Hall–Kier alpha value is -1.90. The first-order valence-corrected chi connectivity index (χ1v) is 16.5. The average Bonchev–Trinajstić information content (AvgIpc) is 2.76. The van der Waals surface area contributed by atoms with Crippen LogP contribution in [0.4, 0.5) is 0 Å². The molecule has 0 spiro atoms. The van der Waals surface area contributed by atoms with Gasteiger partial charge in [-0.1, -0.05) is 0 Å². The zero-order chi connectivity index (χ0) is 26.9. The number of halogens is 1. The minimum absolute atomic E-state index is 0.00118. The number of hydrogen-bond donors (Lipinski definition) is 0. The fourth-order valence-electron chi connectivity index (χ4n) is 3.55. The Bertz CT molecular complexity index is 1200. The van der Waals surface area contributed by atoms with Crippen LogP contribution in [0.15, 0.2) is 72.8 Å². The summed E-state index contributed by atoms with van der Waals surface area (Å²) in [6, 6.07) is 23.4. The maximum absolute atomic E-state index is 13.1. The van der Waals surface area contributed by atoms with Crippen LogP contribution < -0.4 is 4.18 Å². The molecule has 0 saturated heterocycles. The Morgan fingerprint density at radius 2 is 0.833 bits per heavy atom. The van der Waals surface area contributed by atoms with E-state index >= 15 is 0 Å². The van der Waals surface area contributed by atoms with E-state index in [-0.39, 0.29) is 22.0 Å². The van der Waals surface area contributed by atoms with Crippen molar-refractivity contribution in [2.24, 2.45) is 0 Å². The van der Waals surface area contributed by atoms with Crippen molar-refractivity contribution in [3.05, 3.63) is 96.6 Å². The topological polar surface area (TPSA) is 52.6 Å². The third-order valence-electron chi connectivity index (χ3n) is 5.88. The second kappa shape index (κ2) is 10.5. The van der Waals surface area contributed by atoms with Crippen molar-refractivity contribution < 1.29 is 15.1 Å². The molecule has 0 amide bonds. The average molecular weight is 623 g/mol. The summed E-state index contributed by atoms with van der Waals surface area (Å²) in [6.45, 7) is 19.3. The zero-order valence-electron chi connectivity index (χ0n) is 22.8. The fourth-order valence-corrected chi connectivity index (χ4v) is 9.75. The van der Waals surface area contributed by atoms with Gasteiger partial charge >= 0.3 is 227 Å². The van der Waals surface area contributed by atoms with Crippen LogP contribution in [0.1, 0.15) is 79.0 Å². The molecule has 0 aliphatic heterocycles. The second-order valence-corrected chi connectivity index (χ2v) is 18.2. The van der Waals surface area contributed by atoms with Crippen LogP contribution in [-0.4, -0.2) is 8.42 Å². The van der Waals surface area contributed by atoms with Gasteiger partial charge in [-0.3, -0.25) is 0 Å². The predicted molar refractivity (Wildman–Crippen MR) is 157 cm³/mol. The van der Waals surface area contributed by atoms with E-state index in [1.807, 2.05) is 36.4 Å². The molecule has 0 fully saturated rings. The summed E-state index contributed by atoms with van der Waals surface area (Å²) in [5.74, 6) is 0.241. The predicted octanol–water partition coefficient (Wildman–Crippen LogP) is 8.38. The molecule has 3 aromatic rings. The van der Waals surface area contributed by atoms with Crippen molar-refractivity contribution in [2.75, 3.05) is 0 Å². The van der Waals surface area contributed by atoms with Gasteiger partial charge in [0.1, 0.15) is 0 Å². The fraction of sp³-hybridized carbons (Fsp3) is 0.400. The van der Waals surface area contributed by atoms with Crippen molar-refractivity contribution in [3.63, 3.8) is 0 Å². The summed E-state index contributed by atoms with van der Waals surface area (Å²) in [7, 11) is -4.29. The molecule has 0 N–H and O–H groups in total. The molecule has 0 atom stereocenters. The molecular formula is C30H39IO4S. The van der Waals surface area contributed by atoms with Gasteiger partial charge < -0.3 is 0 Å². The van der Waals surface area contributed by atoms with E-state index in [9.17, 15) is 8.42 Å². The van der Waals surface area contributed by atoms with Crippen molar-refractivity contribution in [3.8, 4) is 5.75 Å². The van der Waals surface area contributed by atoms with Crippen LogP contribution >= 0.6 is 20.2 Å². The molecule has 0 radical (unpaired) electrons. The van der Waals surface area contributed by atoms with Crippen molar-refractivity contribution in [1.29, 1.82) is 0 Å². The Kier molecular flexibility index (Phi) is 8.33. The van der Waals surface area contributed by atoms with E-state index in [2.05, 4.69) is 86.6 Å². The third kappa shape index (κ3) is 7.56. The first-order chi connectivity index (χ1) is 16.5. The van der Waals surface area contributed by atoms with Crippen molar-refractivity contribution in [1.82, 2.24) is 0 Å². The van der Waals surface area contributed by atoms with Crippen LogP contribution in [0, 0.1) is 7.14 Å². The molecule has 3 aromatic carbocycles. The molecule has 196 valence electrons. The van der Waals surface area contributed by atoms with Gasteiger partial charge in [0.15, 0.2) is 0 Å². The minimum atomic E-state index is -4.29. The Labute approximate surface area is 225 Å². The van der Waals surface area contributed by atoms with Gasteiger partial charge in [0.2, 0.25) is 0 Å². The summed E-state index contributed by atoms with van der Waals surface area (Å²) in [5, 5.41) is 0. The molecule has 36 heavy (non-hydrogen) atoms. The standard InChI is InChI=1S/C30H39IO4S/c1-28(2,3)22-10-16-25(17-11-22)31(26-18-12-23(13-19-26)29(4,5)6)35-36(32,33)34-27-20-14-24(15-21-27)30(7,8)9/h10-21H,1-9H3. The molecular weight excluding hydrogens is 583 g/mol. The molecule has 3 rings (SSSR count). The SMILES string of the molecule is CC(C)(C)c1ccc(OS(=O)(=O)OI(c2ccc(C(C)(C)C)cc2)c2ccc(C(C)(C)C)cc2)cc1. The van der Waals surface area contributed by atoms with E-state index < -0.39 is 30.6 Å². The van der Waals surface area contributed by atoms with Gasteiger partial charge in [0.25, 0.3) is 0 Å². The van der Waals surface area contributed by atoms with Gasteiger partial charge in [-0.05, 0) is 0 Å². The Balaban J connectivity index is 1.94. The molecule has 0 bridgehead atoms. The maximum atomic E-state index is 13.1. The van der Waals surface area contributed by atoms with Crippen LogP contribution in [0.5, 0.6) is 5.75 Å². The second-order valence-electron chi connectivity index (χ2n) is 12.1. The van der Waals surface area contributed by atoms with Gasteiger partial charge in [0.05, 0.1) is 0 Å². The Morgan fingerprint density at radius 3 is 1.14 bits per heavy atom. The molecule has 0 aliphatic carbocycles. The summed E-state index contributed by atoms with van der Waals surface area (Å²) in [4.78, 5) is 0. The monoisotopic (exact) mass is 622 g/mol. The van der Waals surface area contributed by atoms with Gasteiger partial charge in [-0.15, -0.1) is 0 Å². The first kappa shape index (κ1) is 28.7. The molecule has 0 saturated carbocycles. The molecule has 0 heterocycles. The van der Waals surface area contributed by atoms with Crippen LogP contribution in [0.2, 0.25) is 0 Å². The molecule has 0 aromatic heterocycles. The quantitative estimate of drug-likeness (QED) is 0.259. The van der Waals surface area contributed by atoms with Crippen LogP contribution in [0.25, 0.3) is 0 Å². The number of benzene rings is 3. The van der Waals surface area contributed by atoms with Gasteiger partial charge in [0, 0.05) is 0 Å². The third-order valence-corrected chi connectivity index (χ3v) is 12.7. The molecule has 6 heteroatoms. The van der Waals surface area contributed by atoms with Gasteiger partial charge in [-0.2, -0.15) is 0 Å². The van der Waals surface area contributed by atoms with E-state index in [1.165, 1.54) is 11.1 Å². The molecule has 0 aliphatic rings. The van der Waals surface area contributed by atoms with Crippen molar-refractivity contribution in [2.45, 2.75) is 78.6 Å². The van der Waals surface area contributed by atoms with Crippen LogP contribution in [0.3, 0.4) is 0 Å². The summed E-state index contributed by atoms with van der Waals surface area (Å²) < 4.78 is 39.2. The van der Waals surface area contributed by atoms with Gasteiger partial charge in [-0.25, -0.2) is 0 Å². The normalized spacial score (nSPS) is 13.4.